The van der Waals surface area contributed by atoms with E-state index in [4.69, 9.17) is 0 Å². The summed E-state index contributed by atoms with van der Waals surface area (Å²) in [4.78, 5) is 0. The molecule has 0 saturated carbocycles. The van der Waals surface area contributed by atoms with E-state index in [1.165, 1.54) is 12.0 Å². The third-order valence-electron chi connectivity index (χ3n) is 2.17. The molecule has 0 heterocycles. The topological polar surface area (TPSA) is 14.1 Å². The van der Waals surface area contributed by atoms with Crippen LogP contribution in [0.1, 0.15) is 24.8 Å². The number of hydrogen-bond acceptors (Lipinski definition) is 0. The molecule has 13 heavy (non-hydrogen) atoms. The van der Waals surface area contributed by atoms with Crippen LogP contribution in [0.15, 0.2) is 30.3 Å². The first kappa shape index (κ1) is 13.8. The van der Waals surface area contributed by atoms with E-state index >= 15 is 0 Å². The van der Waals surface area contributed by atoms with Gasteiger partial charge in [-0.1, -0.05) is 43.7 Å². The molecule has 1 nitrogen and oxygen atoms in total. The predicted molar refractivity (Wildman–Crippen MR) is 53.6 cm³/mol. The standard InChI is InChI=1S/C11H16N.K/c1-3-10(9-12-2)11-7-5-4-6-8-11;/h4-8,10H,3,9H2,1-2H3;/q-1;+1. The summed E-state index contributed by atoms with van der Waals surface area (Å²) in [7, 11) is 1.88. The summed E-state index contributed by atoms with van der Waals surface area (Å²) in [5.74, 6) is 0.608. The van der Waals surface area contributed by atoms with Crippen LogP contribution in [0.5, 0.6) is 0 Å². The van der Waals surface area contributed by atoms with E-state index in [2.05, 4.69) is 42.6 Å². The molecule has 1 aromatic rings. The van der Waals surface area contributed by atoms with Crippen molar-refractivity contribution in [1.82, 2.24) is 0 Å². The minimum Gasteiger partial charge on any atom is -0.665 e. The summed E-state index contributed by atoms with van der Waals surface area (Å²) in [6.07, 6.45) is 1.17. The predicted octanol–water partition coefficient (Wildman–Crippen LogP) is 0.188. The van der Waals surface area contributed by atoms with Crippen LogP contribution in [0, 0.1) is 0 Å². The van der Waals surface area contributed by atoms with Crippen molar-refractivity contribution in [2.45, 2.75) is 19.3 Å². The van der Waals surface area contributed by atoms with Crippen molar-refractivity contribution >= 4 is 0 Å². The normalized spacial score (nSPS) is 11.8. The molecule has 0 amide bonds. The van der Waals surface area contributed by atoms with Gasteiger partial charge in [-0.15, -0.1) is 6.54 Å². The maximum absolute atomic E-state index is 4.18. The molecule has 0 saturated heterocycles. The molecule has 0 N–H and O–H groups in total. The van der Waals surface area contributed by atoms with Gasteiger partial charge < -0.3 is 5.32 Å². The molecular formula is C11H16KN. The molecule has 0 bridgehead atoms. The molecule has 66 valence electrons. The molecule has 1 unspecified atom stereocenters. The summed E-state index contributed by atoms with van der Waals surface area (Å²) >= 11 is 0. The maximum atomic E-state index is 4.18. The Labute approximate surface area is 124 Å². The quantitative estimate of drug-likeness (QED) is 0.618. The Morgan fingerprint density at radius 2 is 1.85 bits per heavy atom. The van der Waals surface area contributed by atoms with Gasteiger partial charge in [0.25, 0.3) is 0 Å². The first-order valence-electron chi connectivity index (χ1n) is 4.49. The van der Waals surface area contributed by atoms with Crippen LogP contribution in [0.3, 0.4) is 0 Å². The fraction of sp³-hybridized carbons (Fsp3) is 0.455. The summed E-state index contributed by atoms with van der Waals surface area (Å²) in [5, 5.41) is 4.18. The van der Waals surface area contributed by atoms with Gasteiger partial charge in [0.2, 0.25) is 0 Å². The summed E-state index contributed by atoms with van der Waals surface area (Å²) in [6.45, 7) is 3.16. The van der Waals surface area contributed by atoms with Gasteiger partial charge in [0.1, 0.15) is 0 Å². The smallest absolute Gasteiger partial charge is 0.665 e. The summed E-state index contributed by atoms with van der Waals surface area (Å²) < 4.78 is 0. The Morgan fingerprint density at radius 1 is 1.23 bits per heavy atom. The van der Waals surface area contributed by atoms with Crippen LogP contribution in [0.25, 0.3) is 5.32 Å². The summed E-state index contributed by atoms with van der Waals surface area (Å²) in [5.41, 5.74) is 1.41. The average molecular weight is 201 g/mol. The second-order valence-electron chi connectivity index (χ2n) is 3.01. The molecule has 2 heteroatoms. The number of benzene rings is 1. The Bertz CT molecular complexity index is 211. The molecule has 0 aliphatic heterocycles. The Balaban J connectivity index is 0.00000144. The monoisotopic (exact) mass is 201 g/mol. The van der Waals surface area contributed by atoms with Crippen molar-refractivity contribution in [2.75, 3.05) is 13.6 Å². The van der Waals surface area contributed by atoms with Crippen molar-refractivity contribution in [3.8, 4) is 0 Å². The maximum Gasteiger partial charge on any atom is 1.00 e. The van der Waals surface area contributed by atoms with E-state index in [9.17, 15) is 0 Å². The molecule has 0 aromatic heterocycles. The van der Waals surface area contributed by atoms with Crippen LogP contribution in [0.2, 0.25) is 0 Å². The zero-order valence-corrected chi connectivity index (χ0v) is 11.9. The van der Waals surface area contributed by atoms with Crippen LogP contribution in [-0.2, 0) is 0 Å². The Kier molecular flexibility index (Phi) is 8.66. The van der Waals surface area contributed by atoms with E-state index in [0.29, 0.717) is 5.92 Å². The number of rotatable bonds is 4. The van der Waals surface area contributed by atoms with Gasteiger partial charge >= 0.3 is 51.4 Å². The molecule has 1 atom stereocenters. The molecule has 1 aromatic carbocycles. The summed E-state index contributed by atoms with van der Waals surface area (Å²) in [6, 6.07) is 10.6. The van der Waals surface area contributed by atoms with Crippen molar-refractivity contribution < 1.29 is 51.4 Å². The van der Waals surface area contributed by atoms with Gasteiger partial charge in [-0.05, 0) is 11.5 Å². The minimum absolute atomic E-state index is 0. The Morgan fingerprint density at radius 3 is 2.31 bits per heavy atom. The number of nitrogens with zero attached hydrogens (tertiary/aromatic N) is 1. The average Bonchev–Trinajstić information content (AvgIpc) is 2.15. The molecule has 0 spiro atoms. The number of likely N-dealkylation sites (N-methyl/N-ethyl adjacent to an activating group) is 1. The van der Waals surface area contributed by atoms with Crippen molar-refractivity contribution in [1.29, 1.82) is 0 Å². The van der Waals surface area contributed by atoms with Gasteiger partial charge in [-0.3, -0.25) is 0 Å². The molecule has 0 fully saturated rings. The van der Waals surface area contributed by atoms with Gasteiger partial charge in [0, 0.05) is 0 Å². The number of hydrogen-bond donors (Lipinski definition) is 0. The third-order valence-corrected chi connectivity index (χ3v) is 2.17. The van der Waals surface area contributed by atoms with Crippen LogP contribution < -0.4 is 51.4 Å². The fourth-order valence-electron chi connectivity index (χ4n) is 1.42. The van der Waals surface area contributed by atoms with Gasteiger partial charge in [0.05, 0.1) is 0 Å². The molecular weight excluding hydrogens is 185 g/mol. The fourth-order valence-corrected chi connectivity index (χ4v) is 1.42. The van der Waals surface area contributed by atoms with E-state index in [-0.39, 0.29) is 51.4 Å². The third kappa shape index (κ3) is 4.72. The van der Waals surface area contributed by atoms with E-state index < -0.39 is 0 Å². The van der Waals surface area contributed by atoms with Crippen LogP contribution in [0.4, 0.5) is 0 Å². The minimum atomic E-state index is 0. The van der Waals surface area contributed by atoms with E-state index in [1.54, 1.807) is 0 Å². The van der Waals surface area contributed by atoms with Gasteiger partial charge in [-0.25, -0.2) is 0 Å². The second-order valence-corrected chi connectivity index (χ2v) is 3.01. The molecule has 0 aliphatic carbocycles. The van der Waals surface area contributed by atoms with Crippen molar-refractivity contribution in [3.63, 3.8) is 0 Å². The zero-order chi connectivity index (χ0) is 8.81. The first-order chi connectivity index (χ1) is 5.88. The largest absolute Gasteiger partial charge is 1.00 e. The Hall–Kier alpha value is 0.816. The SMILES string of the molecule is CCC(C[N-]C)c1ccccc1.[K+]. The van der Waals surface area contributed by atoms with Gasteiger partial charge in [-0.2, -0.15) is 7.05 Å². The van der Waals surface area contributed by atoms with Crippen molar-refractivity contribution in [3.05, 3.63) is 41.2 Å². The van der Waals surface area contributed by atoms with Crippen LogP contribution >= 0.6 is 0 Å². The van der Waals surface area contributed by atoms with Crippen LogP contribution in [-0.4, -0.2) is 13.6 Å². The second kappa shape index (κ2) is 8.15. The first-order valence-corrected chi connectivity index (χ1v) is 4.49. The molecule has 1 rings (SSSR count). The molecule has 0 radical (unpaired) electrons. The van der Waals surface area contributed by atoms with Crippen molar-refractivity contribution in [2.24, 2.45) is 0 Å². The molecule has 0 aliphatic rings. The van der Waals surface area contributed by atoms with E-state index in [0.717, 1.165) is 6.54 Å². The van der Waals surface area contributed by atoms with Gasteiger partial charge in [0.15, 0.2) is 0 Å². The zero-order valence-electron chi connectivity index (χ0n) is 8.83. The van der Waals surface area contributed by atoms with E-state index in [1.807, 2.05) is 7.05 Å².